The molecule has 0 saturated carbocycles. The van der Waals surface area contributed by atoms with Gasteiger partial charge in [-0.1, -0.05) is 25.1 Å². The van der Waals surface area contributed by atoms with E-state index < -0.39 is 5.97 Å². The molecule has 8 heteroatoms. The average molecular weight is 496 g/mol. The number of aliphatic carboxylic acids is 1. The molecule has 5 rings (SSSR count). The number of benzene rings is 3. The first-order valence-corrected chi connectivity index (χ1v) is 11.9. The summed E-state index contributed by atoms with van der Waals surface area (Å²) < 4.78 is 7.50. The maximum atomic E-state index is 13.4. The van der Waals surface area contributed by atoms with Crippen molar-refractivity contribution in [1.29, 1.82) is 5.26 Å². The van der Waals surface area contributed by atoms with Gasteiger partial charge in [0.15, 0.2) is 12.5 Å². The van der Waals surface area contributed by atoms with Crippen molar-refractivity contribution in [3.63, 3.8) is 0 Å². The van der Waals surface area contributed by atoms with E-state index in [1.165, 1.54) is 0 Å². The Morgan fingerprint density at radius 3 is 2.65 bits per heavy atom. The lowest BCUT2D eigenvalue weighted by molar-refractivity contribution is -0.136. The first-order valence-electron chi connectivity index (χ1n) is 11.9. The standard InChI is InChI=1S/C29H25N3O5/c1-18-16-31(37-27-13-20(15-30)6-11-24(18)27)17-36-23-9-7-21(8-10-23)29(35)32-19(2)12-25-22(14-28(33)34)4-3-5-26(25)32/h3-13,18H,14,16-17H2,1-2H3,(H,33,34). The van der Waals surface area contributed by atoms with Crippen molar-refractivity contribution in [2.75, 3.05) is 13.3 Å². The number of aryl methyl sites for hydroxylation is 1. The van der Waals surface area contributed by atoms with Crippen molar-refractivity contribution in [1.82, 2.24) is 9.63 Å². The Balaban J connectivity index is 1.29. The molecule has 1 aliphatic rings. The van der Waals surface area contributed by atoms with Gasteiger partial charge in [-0.2, -0.15) is 5.26 Å². The van der Waals surface area contributed by atoms with Crippen molar-refractivity contribution in [2.24, 2.45) is 0 Å². The second-order valence-electron chi connectivity index (χ2n) is 9.17. The Morgan fingerprint density at radius 2 is 1.92 bits per heavy atom. The highest BCUT2D eigenvalue weighted by Gasteiger charge is 2.25. The number of rotatable bonds is 6. The monoisotopic (exact) mass is 495 g/mol. The first-order chi connectivity index (χ1) is 17.8. The topological polar surface area (TPSA) is 105 Å². The molecule has 1 atom stereocenters. The zero-order chi connectivity index (χ0) is 26.1. The van der Waals surface area contributed by atoms with Gasteiger partial charge in [-0.25, -0.2) is 0 Å². The summed E-state index contributed by atoms with van der Waals surface area (Å²) in [5.74, 6) is 0.339. The van der Waals surface area contributed by atoms with Gasteiger partial charge in [-0.05, 0) is 55.0 Å². The molecule has 186 valence electrons. The van der Waals surface area contributed by atoms with E-state index in [0.29, 0.717) is 40.3 Å². The smallest absolute Gasteiger partial charge is 0.307 e. The number of hydrogen-bond donors (Lipinski definition) is 1. The molecule has 0 amide bonds. The highest BCUT2D eigenvalue weighted by Crippen LogP contribution is 2.33. The van der Waals surface area contributed by atoms with Crippen LogP contribution >= 0.6 is 0 Å². The summed E-state index contributed by atoms with van der Waals surface area (Å²) in [6.45, 7) is 4.75. The number of aromatic nitrogens is 1. The van der Waals surface area contributed by atoms with E-state index >= 15 is 0 Å². The van der Waals surface area contributed by atoms with Gasteiger partial charge in [0.05, 0.1) is 23.6 Å². The molecular formula is C29H25N3O5. The molecule has 0 radical (unpaired) electrons. The number of hydrogen-bond acceptors (Lipinski definition) is 6. The van der Waals surface area contributed by atoms with E-state index in [1.54, 1.807) is 58.2 Å². The summed E-state index contributed by atoms with van der Waals surface area (Å²) in [4.78, 5) is 30.5. The maximum Gasteiger partial charge on any atom is 0.307 e. The van der Waals surface area contributed by atoms with Gasteiger partial charge < -0.3 is 14.7 Å². The minimum absolute atomic E-state index is 0.106. The minimum atomic E-state index is -0.916. The van der Waals surface area contributed by atoms with Crippen LogP contribution in [-0.4, -0.2) is 39.9 Å². The summed E-state index contributed by atoms with van der Waals surface area (Å²) in [7, 11) is 0. The molecule has 2 heterocycles. The van der Waals surface area contributed by atoms with E-state index in [2.05, 4.69) is 13.0 Å². The number of hydroxylamine groups is 2. The SMILES string of the molecule is Cc1cc2c(CC(=O)O)cccc2n1C(=O)c1ccc(OCN2CC(C)c3ccc(C#N)cc3O2)cc1. The molecule has 0 spiro atoms. The predicted octanol–water partition coefficient (Wildman–Crippen LogP) is 4.89. The van der Waals surface area contributed by atoms with Crippen LogP contribution in [0.15, 0.2) is 66.7 Å². The maximum absolute atomic E-state index is 13.4. The Kier molecular flexibility index (Phi) is 6.38. The van der Waals surface area contributed by atoms with Crippen LogP contribution in [0, 0.1) is 18.3 Å². The number of fused-ring (bicyclic) bond motifs is 2. The largest absolute Gasteiger partial charge is 0.481 e. The van der Waals surface area contributed by atoms with Crippen LogP contribution in [0.2, 0.25) is 0 Å². The highest BCUT2D eigenvalue weighted by atomic mass is 16.7. The van der Waals surface area contributed by atoms with Crippen molar-refractivity contribution >= 4 is 22.8 Å². The van der Waals surface area contributed by atoms with E-state index in [1.807, 2.05) is 25.1 Å². The van der Waals surface area contributed by atoms with Crippen molar-refractivity contribution in [3.05, 3.63) is 94.7 Å². The van der Waals surface area contributed by atoms with Gasteiger partial charge in [-0.3, -0.25) is 14.2 Å². The van der Waals surface area contributed by atoms with E-state index in [0.717, 1.165) is 16.6 Å². The lowest BCUT2D eigenvalue weighted by Crippen LogP contribution is -2.38. The molecule has 37 heavy (non-hydrogen) atoms. The molecule has 1 aromatic heterocycles. The third kappa shape index (κ3) is 4.77. The molecule has 0 aliphatic carbocycles. The number of carbonyl (C=O) groups excluding carboxylic acids is 1. The second-order valence-corrected chi connectivity index (χ2v) is 9.17. The van der Waals surface area contributed by atoms with Crippen LogP contribution in [0.25, 0.3) is 10.9 Å². The zero-order valence-corrected chi connectivity index (χ0v) is 20.5. The molecule has 8 nitrogen and oxygen atoms in total. The van der Waals surface area contributed by atoms with Gasteiger partial charge in [-0.15, -0.1) is 5.06 Å². The number of carboxylic acids is 1. The number of carbonyl (C=O) groups is 2. The molecule has 4 aromatic rings. The molecular weight excluding hydrogens is 470 g/mol. The van der Waals surface area contributed by atoms with E-state index in [9.17, 15) is 14.7 Å². The minimum Gasteiger partial charge on any atom is -0.481 e. The number of nitriles is 1. The van der Waals surface area contributed by atoms with Crippen LogP contribution in [0.1, 0.15) is 45.6 Å². The third-order valence-corrected chi connectivity index (χ3v) is 6.52. The summed E-state index contributed by atoms with van der Waals surface area (Å²) in [6, 6.07) is 21.7. The molecule has 1 aliphatic heterocycles. The second kappa shape index (κ2) is 9.80. The molecule has 3 aromatic carbocycles. The molecule has 1 N–H and O–H groups in total. The highest BCUT2D eigenvalue weighted by molar-refractivity contribution is 6.04. The fraction of sp³-hybridized carbons (Fsp3) is 0.207. The van der Waals surface area contributed by atoms with Crippen LogP contribution in [0.5, 0.6) is 11.5 Å². The number of ether oxygens (including phenoxy) is 1. The summed E-state index contributed by atoms with van der Waals surface area (Å²) in [5.41, 5.74) is 4.16. The van der Waals surface area contributed by atoms with Gasteiger partial charge in [0, 0.05) is 40.7 Å². The summed E-state index contributed by atoms with van der Waals surface area (Å²) >= 11 is 0. The fourth-order valence-electron chi connectivity index (χ4n) is 4.73. The lowest BCUT2D eigenvalue weighted by atomic mass is 9.97. The van der Waals surface area contributed by atoms with Crippen molar-refractivity contribution in [3.8, 4) is 17.6 Å². The predicted molar refractivity (Wildman–Crippen MR) is 137 cm³/mol. The first kappa shape index (κ1) is 24.1. The normalized spacial score (nSPS) is 15.0. The summed E-state index contributed by atoms with van der Waals surface area (Å²) in [5, 5.41) is 20.8. The Labute approximate surface area is 213 Å². The zero-order valence-electron chi connectivity index (χ0n) is 20.5. The van der Waals surface area contributed by atoms with Gasteiger partial charge in [0.2, 0.25) is 0 Å². The van der Waals surface area contributed by atoms with Gasteiger partial charge in [0.25, 0.3) is 5.91 Å². The van der Waals surface area contributed by atoms with Gasteiger partial charge >= 0.3 is 5.97 Å². The van der Waals surface area contributed by atoms with Crippen molar-refractivity contribution in [2.45, 2.75) is 26.2 Å². The quantitative estimate of drug-likeness (QED) is 0.406. The van der Waals surface area contributed by atoms with E-state index in [4.69, 9.17) is 14.8 Å². The van der Waals surface area contributed by atoms with Crippen molar-refractivity contribution < 1.29 is 24.3 Å². The number of carboxylic acid groups (broad SMARTS) is 1. The van der Waals surface area contributed by atoms with Crippen LogP contribution in [0.3, 0.4) is 0 Å². The van der Waals surface area contributed by atoms with E-state index in [-0.39, 0.29) is 25.0 Å². The third-order valence-electron chi connectivity index (χ3n) is 6.52. The lowest BCUT2D eigenvalue weighted by Gasteiger charge is -2.32. The Morgan fingerprint density at radius 1 is 1.14 bits per heavy atom. The van der Waals surface area contributed by atoms with Crippen LogP contribution in [-0.2, 0) is 11.2 Å². The molecule has 0 saturated heterocycles. The van der Waals surface area contributed by atoms with Gasteiger partial charge in [0.1, 0.15) is 5.75 Å². The molecule has 1 unspecified atom stereocenters. The molecule has 0 fully saturated rings. The fourth-order valence-corrected chi connectivity index (χ4v) is 4.73. The average Bonchev–Trinajstić information content (AvgIpc) is 3.23. The van der Waals surface area contributed by atoms with Crippen LogP contribution < -0.4 is 9.57 Å². The number of nitrogens with zero attached hydrogens (tertiary/aromatic N) is 3. The summed E-state index contributed by atoms with van der Waals surface area (Å²) in [6.07, 6.45) is -0.106. The Hall–Kier alpha value is -4.61. The molecule has 0 bridgehead atoms. The Bertz CT molecular complexity index is 1550. The van der Waals surface area contributed by atoms with Crippen LogP contribution in [0.4, 0.5) is 0 Å².